The molecule has 0 radical (unpaired) electrons. The molecule has 0 saturated carbocycles. The summed E-state index contributed by atoms with van der Waals surface area (Å²) in [4.78, 5) is 12.5. The van der Waals surface area contributed by atoms with Gasteiger partial charge in [-0.25, -0.2) is 0 Å². The van der Waals surface area contributed by atoms with Gasteiger partial charge in [-0.2, -0.15) is 0 Å². The molecule has 0 amide bonds. The molecule has 0 aliphatic rings. The van der Waals surface area contributed by atoms with Gasteiger partial charge in [0.1, 0.15) is 11.5 Å². The average Bonchev–Trinajstić information content (AvgIpc) is 2.48. The van der Waals surface area contributed by atoms with E-state index in [-0.39, 0.29) is 12.2 Å². The van der Waals surface area contributed by atoms with E-state index < -0.39 is 0 Å². The third-order valence-corrected chi connectivity index (χ3v) is 3.32. The van der Waals surface area contributed by atoms with Gasteiger partial charge in [0.05, 0.1) is 19.3 Å². The zero-order valence-corrected chi connectivity index (χ0v) is 12.8. The fraction of sp³-hybridized carbons (Fsp3) is 0.235. The van der Waals surface area contributed by atoms with Crippen molar-refractivity contribution in [3.8, 4) is 11.5 Å². The summed E-state index contributed by atoms with van der Waals surface area (Å²) in [6.07, 6.45) is 0.216. The molecule has 2 aromatic carbocycles. The Morgan fingerprint density at radius 1 is 1.14 bits per heavy atom. The van der Waals surface area contributed by atoms with Gasteiger partial charge in [0.2, 0.25) is 0 Å². The Bertz CT molecular complexity index is 638. The van der Waals surface area contributed by atoms with Gasteiger partial charge in [-0.1, -0.05) is 23.7 Å². The third-order valence-electron chi connectivity index (χ3n) is 3.08. The van der Waals surface area contributed by atoms with Gasteiger partial charge in [-0.3, -0.25) is 4.79 Å². The number of carbonyl (C=O) groups excluding carboxylic acids is 1. The van der Waals surface area contributed by atoms with Crippen LogP contribution in [0.15, 0.2) is 42.5 Å². The maximum atomic E-state index is 12.5. The van der Waals surface area contributed by atoms with Crippen LogP contribution in [0, 0.1) is 0 Å². The topological polar surface area (TPSA) is 35.5 Å². The predicted octanol–water partition coefficient (Wildman–Crippen LogP) is 4.17. The highest BCUT2D eigenvalue weighted by molar-refractivity contribution is 6.30. The van der Waals surface area contributed by atoms with E-state index in [2.05, 4.69) is 0 Å². The number of ketones is 1. The molecule has 0 aliphatic carbocycles. The summed E-state index contributed by atoms with van der Waals surface area (Å²) < 4.78 is 10.8. The first-order valence-electron chi connectivity index (χ1n) is 6.73. The van der Waals surface area contributed by atoms with E-state index in [4.69, 9.17) is 21.1 Å². The molecule has 0 saturated heterocycles. The Hall–Kier alpha value is -2.00. The van der Waals surface area contributed by atoms with Crippen molar-refractivity contribution < 1.29 is 14.3 Å². The largest absolute Gasteiger partial charge is 0.496 e. The monoisotopic (exact) mass is 304 g/mol. The number of Topliss-reactive ketones (excluding diaryl/α,β-unsaturated/α-hetero) is 1. The highest BCUT2D eigenvalue weighted by atomic mass is 35.5. The molecule has 0 N–H and O–H groups in total. The highest BCUT2D eigenvalue weighted by Crippen LogP contribution is 2.26. The lowest BCUT2D eigenvalue weighted by Gasteiger charge is -2.11. The number of para-hydroxylation sites is 1. The average molecular weight is 305 g/mol. The van der Waals surface area contributed by atoms with E-state index in [1.54, 1.807) is 37.4 Å². The molecule has 0 bridgehead atoms. The van der Waals surface area contributed by atoms with Crippen molar-refractivity contribution in [3.05, 3.63) is 58.6 Å². The molecule has 0 heterocycles. The van der Waals surface area contributed by atoms with E-state index in [9.17, 15) is 4.79 Å². The predicted molar refractivity (Wildman–Crippen MR) is 83.6 cm³/mol. The summed E-state index contributed by atoms with van der Waals surface area (Å²) in [5.74, 6) is 1.23. The second kappa shape index (κ2) is 7.14. The number of hydrogen-bond donors (Lipinski definition) is 0. The quantitative estimate of drug-likeness (QED) is 0.751. The van der Waals surface area contributed by atoms with E-state index in [1.807, 2.05) is 19.1 Å². The molecule has 0 atom stereocenters. The van der Waals surface area contributed by atoms with Crippen LogP contribution in [0.3, 0.4) is 0 Å². The fourth-order valence-corrected chi connectivity index (χ4v) is 2.33. The molecule has 2 rings (SSSR count). The van der Waals surface area contributed by atoms with Crippen molar-refractivity contribution in [2.24, 2.45) is 0 Å². The van der Waals surface area contributed by atoms with Gasteiger partial charge >= 0.3 is 0 Å². The highest BCUT2D eigenvalue weighted by Gasteiger charge is 2.15. The molecule has 4 heteroatoms. The zero-order valence-electron chi connectivity index (χ0n) is 12.1. The minimum Gasteiger partial charge on any atom is -0.496 e. The number of halogens is 1. The van der Waals surface area contributed by atoms with Crippen molar-refractivity contribution in [1.29, 1.82) is 0 Å². The van der Waals surface area contributed by atoms with Crippen molar-refractivity contribution >= 4 is 17.4 Å². The normalized spacial score (nSPS) is 10.2. The molecular formula is C17H17ClO3. The molecular weight excluding hydrogens is 288 g/mol. The van der Waals surface area contributed by atoms with E-state index in [0.717, 1.165) is 5.56 Å². The van der Waals surface area contributed by atoms with Crippen molar-refractivity contribution in [1.82, 2.24) is 0 Å². The van der Waals surface area contributed by atoms with E-state index >= 15 is 0 Å². The summed E-state index contributed by atoms with van der Waals surface area (Å²) in [6.45, 7) is 2.41. The van der Waals surface area contributed by atoms with Gasteiger partial charge in [-0.15, -0.1) is 0 Å². The minimum atomic E-state index is -0.0281. The standard InChI is InChI=1S/C17H17ClO3/c1-3-21-17-7-5-4-6-14(17)15(19)11-12-10-13(18)8-9-16(12)20-2/h4-10H,3,11H2,1-2H3. The first kappa shape index (κ1) is 15.4. The van der Waals surface area contributed by atoms with Crippen LogP contribution in [0.2, 0.25) is 5.02 Å². The summed E-state index contributed by atoms with van der Waals surface area (Å²) >= 11 is 5.99. The fourth-order valence-electron chi connectivity index (χ4n) is 2.13. The first-order valence-corrected chi connectivity index (χ1v) is 7.11. The van der Waals surface area contributed by atoms with Crippen LogP contribution in [0.4, 0.5) is 0 Å². The van der Waals surface area contributed by atoms with E-state index in [0.29, 0.717) is 28.7 Å². The van der Waals surface area contributed by atoms with Gasteiger partial charge < -0.3 is 9.47 Å². The second-order valence-electron chi connectivity index (χ2n) is 4.49. The molecule has 2 aromatic rings. The summed E-state index contributed by atoms with van der Waals surface area (Å²) in [5.41, 5.74) is 1.34. The van der Waals surface area contributed by atoms with Gasteiger partial charge in [0.15, 0.2) is 5.78 Å². The SMILES string of the molecule is CCOc1ccccc1C(=O)Cc1cc(Cl)ccc1OC. The van der Waals surface area contributed by atoms with Gasteiger partial charge in [0, 0.05) is 17.0 Å². The Labute approximate surface area is 129 Å². The molecule has 0 unspecified atom stereocenters. The molecule has 110 valence electrons. The molecule has 21 heavy (non-hydrogen) atoms. The van der Waals surface area contributed by atoms with Crippen molar-refractivity contribution in [2.75, 3.05) is 13.7 Å². The lowest BCUT2D eigenvalue weighted by atomic mass is 10.0. The maximum absolute atomic E-state index is 12.5. The molecule has 0 fully saturated rings. The Balaban J connectivity index is 2.28. The van der Waals surface area contributed by atoms with Crippen LogP contribution in [0.25, 0.3) is 0 Å². The minimum absolute atomic E-state index is 0.0281. The van der Waals surface area contributed by atoms with Gasteiger partial charge in [-0.05, 0) is 37.3 Å². The first-order chi connectivity index (χ1) is 10.2. The van der Waals surface area contributed by atoms with E-state index in [1.165, 1.54) is 0 Å². The van der Waals surface area contributed by atoms with Crippen LogP contribution in [0.1, 0.15) is 22.8 Å². The van der Waals surface area contributed by atoms with Crippen LogP contribution in [-0.2, 0) is 6.42 Å². The summed E-state index contributed by atoms with van der Waals surface area (Å²) in [6, 6.07) is 12.5. The molecule has 0 aliphatic heterocycles. The summed E-state index contributed by atoms with van der Waals surface area (Å²) in [5, 5.41) is 0.580. The van der Waals surface area contributed by atoms with Crippen molar-refractivity contribution in [2.45, 2.75) is 13.3 Å². The molecule has 0 aromatic heterocycles. The Kier molecular flexibility index (Phi) is 5.23. The summed E-state index contributed by atoms with van der Waals surface area (Å²) in [7, 11) is 1.57. The Morgan fingerprint density at radius 3 is 2.62 bits per heavy atom. The second-order valence-corrected chi connectivity index (χ2v) is 4.92. The number of methoxy groups -OCH3 is 1. The maximum Gasteiger partial charge on any atom is 0.171 e. The number of ether oxygens (including phenoxy) is 2. The lowest BCUT2D eigenvalue weighted by Crippen LogP contribution is -2.07. The molecule has 0 spiro atoms. The van der Waals surface area contributed by atoms with Crippen LogP contribution >= 0.6 is 11.6 Å². The van der Waals surface area contributed by atoms with Crippen LogP contribution in [-0.4, -0.2) is 19.5 Å². The van der Waals surface area contributed by atoms with Crippen LogP contribution in [0.5, 0.6) is 11.5 Å². The third kappa shape index (κ3) is 3.76. The smallest absolute Gasteiger partial charge is 0.171 e. The Morgan fingerprint density at radius 2 is 1.90 bits per heavy atom. The number of hydrogen-bond acceptors (Lipinski definition) is 3. The van der Waals surface area contributed by atoms with Crippen molar-refractivity contribution in [3.63, 3.8) is 0 Å². The number of carbonyl (C=O) groups is 1. The lowest BCUT2D eigenvalue weighted by molar-refractivity contribution is 0.0988. The van der Waals surface area contributed by atoms with Crippen LogP contribution < -0.4 is 9.47 Å². The number of benzene rings is 2. The zero-order chi connectivity index (χ0) is 15.2. The van der Waals surface area contributed by atoms with Gasteiger partial charge in [0.25, 0.3) is 0 Å². The molecule has 3 nitrogen and oxygen atoms in total. The number of rotatable bonds is 6.